The number of nitrogens with one attached hydrogen (secondary N) is 3. The zero-order valence-electron chi connectivity index (χ0n) is 19.7. The maximum atomic E-state index is 13.0. The first-order valence-corrected chi connectivity index (χ1v) is 12.5. The molecule has 3 aromatic rings. The summed E-state index contributed by atoms with van der Waals surface area (Å²) in [5.74, 6) is -0.810. The van der Waals surface area contributed by atoms with E-state index in [4.69, 9.17) is 0 Å². The Hall–Kier alpha value is -3.65. The van der Waals surface area contributed by atoms with E-state index in [1.807, 2.05) is 26.8 Å². The predicted molar refractivity (Wildman–Crippen MR) is 135 cm³/mol. The molecule has 0 bridgehead atoms. The Balaban J connectivity index is 1.87. The first kappa shape index (κ1) is 25.0. The summed E-state index contributed by atoms with van der Waals surface area (Å²) in [6.07, 6.45) is 0.775. The molecule has 0 heterocycles. The second-order valence-electron chi connectivity index (χ2n) is 8.24. The number of amides is 2. The van der Waals surface area contributed by atoms with E-state index in [-0.39, 0.29) is 22.4 Å². The second-order valence-corrected chi connectivity index (χ2v) is 9.89. The lowest BCUT2D eigenvalue weighted by Gasteiger charge is -2.15. The normalized spacial score (nSPS) is 12.0. The van der Waals surface area contributed by atoms with Gasteiger partial charge in [0.25, 0.3) is 21.8 Å². The van der Waals surface area contributed by atoms with Gasteiger partial charge in [-0.2, -0.15) is 0 Å². The van der Waals surface area contributed by atoms with Crippen LogP contribution in [0.2, 0.25) is 0 Å². The average Bonchev–Trinajstić information content (AvgIpc) is 2.79. The van der Waals surface area contributed by atoms with Gasteiger partial charge >= 0.3 is 0 Å². The van der Waals surface area contributed by atoms with Gasteiger partial charge in [-0.25, -0.2) is 8.42 Å². The minimum atomic E-state index is -3.92. The predicted octanol–water partition coefficient (Wildman–Crippen LogP) is 4.88. The van der Waals surface area contributed by atoms with E-state index < -0.39 is 15.9 Å². The molecule has 0 aliphatic heterocycles. The SMILES string of the molecule is CC[C@H](C)NC(=O)c1ccccc1NC(=O)c1ccc(C)c(S(=O)(=O)Nc2cccc(C)c2)c1. The molecular formula is C26H29N3O4S. The van der Waals surface area contributed by atoms with Gasteiger partial charge in [0.2, 0.25) is 0 Å². The summed E-state index contributed by atoms with van der Waals surface area (Å²) in [6, 6.07) is 18.2. The highest BCUT2D eigenvalue weighted by Crippen LogP contribution is 2.23. The van der Waals surface area contributed by atoms with Crippen LogP contribution in [0.3, 0.4) is 0 Å². The highest BCUT2D eigenvalue weighted by Gasteiger charge is 2.21. The minimum Gasteiger partial charge on any atom is -0.350 e. The van der Waals surface area contributed by atoms with Crippen LogP contribution in [0, 0.1) is 13.8 Å². The van der Waals surface area contributed by atoms with Crippen molar-refractivity contribution in [3.63, 3.8) is 0 Å². The topological polar surface area (TPSA) is 104 Å². The molecule has 34 heavy (non-hydrogen) atoms. The third-order valence-electron chi connectivity index (χ3n) is 5.42. The van der Waals surface area contributed by atoms with Gasteiger partial charge in [0.15, 0.2) is 0 Å². The Morgan fingerprint density at radius 1 is 0.912 bits per heavy atom. The second kappa shape index (κ2) is 10.5. The van der Waals surface area contributed by atoms with Gasteiger partial charge < -0.3 is 10.6 Å². The average molecular weight is 480 g/mol. The van der Waals surface area contributed by atoms with Crippen LogP contribution in [0.15, 0.2) is 71.6 Å². The molecule has 1 atom stereocenters. The van der Waals surface area contributed by atoms with E-state index >= 15 is 0 Å². The molecule has 0 saturated carbocycles. The van der Waals surface area contributed by atoms with Crippen molar-refractivity contribution in [2.24, 2.45) is 0 Å². The molecule has 0 fully saturated rings. The van der Waals surface area contributed by atoms with E-state index in [1.54, 1.807) is 61.5 Å². The van der Waals surface area contributed by atoms with E-state index in [1.165, 1.54) is 6.07 Å². The van der Waals surface area contributed by atoms with Crippen LogP contribution in [-0.2, 0) is 10.0 Å². The van der Waals surface area contributed by atoms with Crippen molar-refractivity contribution < 1.29 is 18.0 Å². The summed E-state index contributed by atoms with van der Waals surface area (Å²) < 4.78 is 28.7. The number of carbonyl (C=O) groups is 2. The summed E-state index contributed by atoms with van der Waals surface area (Å²) in [5, 5.41) is 5.62. The number of rotatable bonds is 8. The van der Waals surface area contributed by atoms with E-state index in [0.29, 0.717) is 22.5 Å². The lowest BCUT2D eigenvalue weighted by molar-refractivity contribution is 0.0940. The molecular weight excluding hydrogens is 450 g/mol. The number of carbonyl (C=O) groups excluding carboxylic acids is 2. The Kier molecular flexibility index (Phi) is 7.73. The fourth-order valence-corrected chi connectivity index (χ4v) is 4.66. The zero-order valence-corrected chi connectivity index (χ0v) is 20.5. The molecule has 0 aromatic heterocycles. The Morgan fingerprint density at radius 2 is 1.65 bits per heavy atom. The summed E-state index contributed by atoms with van der Waals surface area (Å²) in [6.45, 7) is 7.41. The van der Waals surface area contributed by atoms with E-state index in [9.17, 15) is 18.0 Å². The van der Waals surface area contributed by atoms with E-state index in [0.717, 1.165) is 12.0 Å². The lowest BCUT2D eigenvalue weighted by Crippen LogP contribution is -2.32. The minimum absolute atomic E-state index is 0.00412. The van der Waals surface area contributed by atoms with Gasteiger partial charge in [0.1, 0.15) is 0 Å². The number of benzene rings is 3. The standard InChI is InChI=1S/C26H29N3O4S/c1-5-19(4)27-26(31)22-11-6-7-12-23(22)28-25(30)20-14-13-18(3)24(16-20)34(32,33)29-21-10-8-9-17(2)15-21/h6-16,19,29H,5H2,1-4H3,(H,27,31)(H,28,30)/t19-/m0/s1. The maximum Gasteiger partial charge on any atom is 0.262 e. The monoisotopic (exact) mass is 479 g/mol. The highest BCUT2D eigenvalue weighted by atomic mass is 32.2. The van der Waals surface area contributed by atoms with Crippen molar-refractivity contribution >= 4 is 33.2 Å². The Bertz CT molecular complexity index is 1320. The van der Waals surface area contributed by atoms with Crippen molar-refractivity contribution in [3.8, 4) is 0 Å². The third-order valence-corrected chi connectivity index (χ3v) is 6.94. The van der Waals surface area contributed by atoms with Crippen molar-refractivity contribution in [2.75, 3.05) is 10.0 Å². The zero-order chi connectivity index (χ0) is 24.9. The van der Waals surface area contributed by atoms with Gasteiger partial charge in [-0.1, -0.05) is 37.3 Å². The molecule has 3 N–H and O–H groups in total. The largest absolute Gasteiger partial charge is 0.350 e. The molecule has 3 aromatic carbocycles. The van der Waals surface area contributed by atoms with Crippen LogP contribution in [-0.4, -0.2) is 26.3 Å². The van der Waals surface area contributed by atoms with Crippen LogP contribution >= 0.6 is 0 Å². The fourth-order valence-electron chi connectivity index (χ4n) is 3.34. The number of aryl methyl sites for hydroxylation is 2. The van der Waals surface area contributed by atoms with Crippen LogP contribution in [0.1, 0.15) is 52.1 Å². The molecule has 178 valence electrons. The molecule has 0 unspecified atom stereocenters. The van der Waals surface area contributed by atoms with Crippen molar-refractivity contribution in [1.82, 2.24) is 5.32 Å². The molecule has 0 aliphatic rings. The van der Waals surface area contributed by atoms with Gasteiger partial charge in [-0.3, -0.25) is 14.3 Å². The molecule has 0 radical (unpaired) electrons. The smallest absolute Gasteiger partial charge is 0.262 e. The van der Waals surface area contributed by atoms with Crippen LogP contribution in [0.25, 0.3) is 0 Å². The van der Waals surface area contributed by atoms with Crippen molar-refractivity contribution in [1.29, 1.82) is 0 Å². The quantitative estimate of drug-likeness (QED) is 0.428. The van der Waals surface area contributed by atoms with Crippen LogP contribution in [0.4, 0.5) is 11.4 Å². The highest BCUT2D eigenvalue weighted by molar-refractivity contribution is 7.92. The number of anilines is 2. The summed E-state index contributed by atoms with van der Waals surface area (Å²) in [5.41, 5.74) is 2.70. The number of hydrogen-bond donors (Lipinski definition) is 3. The van der Waals surface area contributed by atoms with Crippen LogP contribution < -0.4 is 15.4 Å². The molecule has 2 amide bonds. The summed E-state index contributed by atoms with van der Waals surface area (Å²) in [7, 11) is -3.92. The Morgan fingerprint density at radius 3 is 2.35 bits per heavy atom. The number of para-hydroxylation sites is 1. The Labute approximate surface area is 200 Å². The van der Waals surface area contributed by atoms with Gasteiger partial charge in [-0.15, -0.1) is 0 Å². The molecule has 8 heteroatoms. The van der Waals surface area contributed by atoms with Crippen LogP contribution in [0.5, 0.6) is 0 Å². The third kappa shape index (κ3) is 6.02. The molecule has 3 rings (SSSR count). The van der Waals surface area contributed by atoms with Gasteiger partial charge in [0.05, 0.1) is 16.1 Å². The molecule has 0 spiro atoms. The van der Waals surface area contributed by atoms with Gasteiger partial charge in [0, 0.05) is 17.3 Å². The molecule has 0 saturated heterocycles. The number of hydrogen-bond acceptors (Lipinski definition) is 4. The summed E-state index contributed by atoms with van der Waals surface area (Å²) >= 11 is 0. The maximum absolute atomic E-state index is 13.0. The summed E-state index contributed by atoms with van der Waals surface area (Å²) in [4.78, 5) is 25.6. The van der Waals surface area contributed by atoms with Gasteiger partial charge in [-0.05, 0) is 74.7 Å². The van der Waals surface area contributed by atoms with E-state index in [2.05, 4.69) is 15.4 Å². The molecule has 0 aliphatic carbocycles. The van der Waals surface area contributed by atoms with Crippen molar-refractivity contribution in [3.05, 3.63) is 89.0 Å². The first-order chi connectivity index (χ1) is 16.1. The first-order valence-electron chi connectivity index (χ1n) is 11.0. The lowest BCUT2D eigenvalue weighted by atomic mass is 10.1. The molecule has 7 nitrogen and oxygen atoms in total. The fraction of sp³-hybridized carbons (Fsp3) is 0.231. The van der Waals surface area contributed by atoms with Crippen molar-refractivity contribution in [2.45, 2.75) is 45.1 Å². The number of sulfonamides is 1.